The molecule has 0 N–H and O–H groups in total. The molecule has 5 heteroatoms. The topological polar surface area (TPSA) is 43.1 Å². The second kappa shape index (κ2) is 5.23. The molecule has 0 saturated heterocycles. The van der Waals surface area contributed by atoms with Crippen LogP contribution in [0.3, 0.4) is 0 Å². The summed E-state index contributed by atoms with van der Waals surface area (Å²) in [6.07, 6.45) is 1.77. The van der Waals surface area contributed by atoms with Gasteiger partial charge in [0, 0.05) is 32.2 Å². The van der Waals surface area contributed by atoms with Crippen LogP contribution in [0.4, 0.5) is 5.69 Å². The third-order valence-corrected chi connectivity index (χ3v) is 4.42. The van der Waals surface area contributed by atoms with Gasteiger partial charge in [-0.2, -0.15) is 0 Å². The summed E-state index contributed by atoms with van der Waals surface area (Å²) in [5.41, 5.74) is 4.49. The third kappa shape index (κ3) is 2.01. The number of imidazole rings is 1. The third-order valence-electron chi connectivity index (χ3n) is 4.42. The number of rotatable bonds is 2. The molecular weight excluding hydrogens is 300 g/mol. The Labute approximate surface area is 139 Å². The van der Waals surface area contributed by atoms with Crippen LogP contribution in [0.15, 0.2) is 59.5 Å². The van der Waals surface area contributed by atoms with Crippen LogP contribution in [0, 0.1) is 0 Å². The van der Waals surface area contributed by atoms with E-state index in [1.54, 1.807) is 22.4 Å². The Hall–Kier alpha value is -3.08. The second-order valence-electron chi connectivity index (χ2n) is 6.10. The van der Waals surface area contributed by atoms with E-state index in [0.717, 1.165) is 33.3 Å². The molecule has 0 saturated carbocycles. The highest BCUT2D eigenvalue weighted by atomic mass is 16.1. The van der Waals surface area contributed by atoms with E-state index in [2.05, 4.69) is 4.98 Å². The van der Waals surface area contributed by atoms with Crippen molar-refractivity contribution in [1.29, 1.82) is 0 Å². The van der Waals surface area contributed by atoms with Gasteiger partial charge in [0.25, 0.3) is 0 Å². The zero-order chi connectivity index (χ0) is 16.8. The van der Waals surface area contributed by atoms with Crippen molar-refractivity contribution in [3.63, 3.8) is 0 Å². The number of anilines is 1. The lowest BCUT2D eigenvalue weighted by Crippen LogP contribution is -2.21. The molecule has 0 amide bonds. The number of pyridine rings is 1. The van der Waals surface area contributed by atoms with Crippen molar-refractivity contribution in [2.45, 2.75) is 0 Å². The van der Waals surface area contributed by atoms with E-state index in [4.69, 9.17) is 0 Å². The summed E-state index contributed by atoms with van der Waals surface area (Å²) in [5.74, 6) is 0. The molecule has 0 spiro atoms. The molecule has 24 heavy (non-hydrogen) atoms. The summed E-state index contributed by atoms with van der Waals surface area (Å²) in [5, 5.41) is 0.976. The van der Waals surface area contributed by atoms with Gasteiger partial charge in [0.05, 0.1) is 28.4 Å². The monoisotopic (exact) mass is 318 g/mol. The average molecular weight is 318 g/mol. The van der Waals surface area contributed by atoms with Crippen LogP contribution >= 0.6 is 0 Å². The number of benzene rings is 2. The summed E-state index contributed by atoms with van der Waals surface area (Å²) < 4.78 is 3.41. The number of aromatic nitrogens is 3. The molecule has 0 atom stereocenters. The summed E-state index contributed by atoms with van der Waals surface area (Å²) >= 11 is 0. The standard InChI is InChI=1S/C19H18N4O/c1-21(2)13-8-10-14(11-9-13)23-18-15-6-4-5-7-16(15)20-12-17(18)22(3)19(23)24/h4-12H,1-3H3. The predicted octanol–water partition coefficient (Wildman–Crippen LogP) is 2.94. The van der Waals surface area contributed by atoms with E-state index in [0.29, 0.717) is 0 Å². The van der Waals surface area contributed by atoms with E-state index >= 15 is 0 Å². The summed E-state index contributed by atoms with van der Waals surface area (Å²) in [7, 11) is 5.78. The summed E-state index contributed by atoms with van der Waals surface area (Å²) in [6, 6.07) is 15.9. The van der Waals surface area contributed by atoms with Crippen molar-refractivity contribution in [2.24, 2.45) is 7.05 Å². The average Bonchev–Trinajstić information content (AvgIpc) is 2.86. The fraction of sp³-hybridized carbons (Fsp3) is 0.158. The molecule has 0 bridgehead atoms. The van der Waals surface area contributed by atoms with Crippen molar-refractivity contribution < 1.29 is 0 Å². The predicted molar refractivity (Wildman–Crippen MR) is 98.1 cm³/mol. The highest BCUT2D eigenvalue weighted by Gasteiger charge is 2.15. The Morgan fingerprint density at radius 2 is 1.71 bits per heavy atom. The maximum Gasteiger partial charge on any atom is 0.333 e. The largest absolute Gasteiger partial charge is 0.378 e. The van der Waals surface area contributed by atoms with Gasteiger partial charge in [0.1, 0.15) is 0 Å². The number of aryl methyl sites for hydroxylation is 1. The Kier molecular flexibility index (Phi) is 3.16. The van der Waals surface area contributed by atoms with E-state index in [1.807, 2.05) is 67.5 Å². The van der Waals surface area contributed by atoms with Gasteiger partial charge < -0.3 is 4.90 Å². The minimum atomic E-state index is -0.0687. The lowest BCUT2D eigenvalue weighted by atomic mass is 10.2. The van der Waals surface area contributed by atoms with Crippen molar-refractivity contribution in [2.75, 3.05) is 19.0 Å². The van der Waals surface area contributed by atoms with Gasteiger partial charge in [-0.05, 0) is 30.3 Å². The number of fused-ring (bicyclic) bond motifs is 3. The van der Waals surface area contributed by atoms with Crippen molar-refractivity contribution in [3.05, 3.63) is 65.2 Å². The zero-order valence-electron chi connectivity index (χ0n) is 13.9. The van der Waals surface area contributed by atoms with Gasteiger partial charge in [-0.15, -0.1) is 0 Å². The van der Waals surface area contributed by atoms with Crippen molar-refractivity contribution >= 4 is 27.6 Å². The molecule has 4 rings (SSSR count). The molecule has 5 nitrogen and oxygen atoms in total. The molecule has 0 aliphatic heterocycles. The maximum absolute atomic E-state index is 12.8. The summed E-state index contributed by atoms with van der Waals surface area (Å²) in [4.78, 5) is 19.4. The molecule has 2 heterocycles. The van der Waals surface area contributed by atoms with E-state index in [-0.39, 0.29) is 5.69 Å². The first-order chi connectivity index (χ1) is 11.6. The van der Waals surface area contributed by atoms with Gasteiger partial charge in [-0.1, -0.05) is 18.2 Å². The molecule has 0 radical (unpaired) electrons. The van der Waals surface area contributed by atoms with Gasteiger partial charge in [-0.3, -0.25) is 14.1 Å². The molecular formula is C19H18N4O. The van der Waals surface area contributed by atoms with E-state index < -0.39 is 0 Å². The molecule has 0 aliphatic rings. The van der Waals surface area contributed by atoms with E-state index in [1.165, 1.54) is 0 Å². The zero-order valence-corrected chi connectivity index (χ0v) is 13.9. The van der Waals surface area contributed by atoms with Crippen molar-refractivity contribution in [1.82, 2.24) is 14.1 Å². The second-order valence-corrected chi connectivity index (χ2v) is 6.10. The van der Waals surface area contributed by atoms with Crippen LogP contribution in [-0.4, -0.2) is 28.2 Å². The minimum Gasteiger partial charge on any atom is -0.378 e. The normalized spacial score (nSPS) is 11.3. The lowest BCUT2D eigenvalue weighted by molar-refractivity contribution is 0.846. The lowest BCUT2D eigenvalue weighted by Gasteiger charge is -2.13. The Morgan fingerprint density at radius 3 is 2.42 bits per heavy atom. The quantitative estimate of drug-likeness (QED) is 0.571. The smallest absolute Gasteiger partial charge is 0.333 e. The fourth-order valence-electron chi connectivity index (χ4n) is 3.08. The maximum atomic E-state index is 12.8. The molecule has 0 unspecified atom stereocenters. The van der Waals surface area contributed by atoms with Crippen molar-refractivity contribution in [3.8, 4) is 5.69 Å². The first-order valence-corrected chi connectivity index (χ1v) is 7.81. The Morgan fingerprint density at radius 1 is 1.00 bits per heavy atom. The highest BCUT2D eigenvalue weighted by molar-refractivity contribution is 6.02. The van der Waals surface area contributed by atoms with Crippen LogP contribution < -0.4 is 10.6 Å². The van der Waals surface area contributed by atoms with Gasteiger partial charge in [0.2, 0.25) is 0 Å². The summed E-state index contributed by atoms with van der Waals surface area (Å²) in [6.45, 7) is 0. The molecule has 120 valence electrons. The van der Waals surface area contributed by atoms with Gasteiger partial charge in [0.15, 0.2) is 0 Å². The fourth-order valence-corrected chi connectivity index (χ4v) is 3.08. The molecule has 2 aromatic carbocycles. The van der Waals surface area contributed by atoms with Crippen LogP contribution in [-0.2, 0) is 7.05 Å². The molecule has 0 fully saturated rings. The first kappa shape index (κ1) is 14.5. The van der Waals surface area contributed by atoms with E-state index in [9.17, 15) is 4.79 Å². The molecule has 0 aliphatic carbocycles. The van der Waals surface area contributed by atoms with Crippen LogP contribution in [0.1, 0.15) is 0 Å². The minimum absolute atomic E-state index is 0.0687. The number of para-hydroxylation sites is 1. The van der Waals surface area contributed by atoms with Gasteiger partial charge in [-0.25, -0.2) is 4.79 Å². The molecule has 2 aromatic heterocycles. The van der Waals surface area contributed by atoms with Crippen LogP contribution in [0.25, 0.3) is 27.6 Å². The Balaban J connectivity index is 2.09. The number of hydrogen-bond donors (Lipinski definition) is 0. The Bertz CT molecular complexity index is 1100. The number of nitrogens with zero attached hydrogens (tertiary/aromatic N) is 4. The van der Waals surface area contributed by atoms with Crippen LogP contribution in [0.2, 0.25) is 0 Å². The molecule has 4 aromatic rings. The number of hydrogen-bond acceptors (Lipinski definition) is 3. The SMILES string of the molecule is CN(C)c1ccc(-n2c(=O)n(C)c3cnc4ccccc4c32)cc1. The van der Waals surface area contributed by atoms with Crippen LogP contribution in [0.5, 0.6) is 0 Å². The van der Waals surface area contributed by atoms with Gasteiger partial charge >= 0.3 is 5.69 Å². The highest BCUT2D eigenvalue weighted by Crippen LogP contribution is 2.25. The first-order valence-electron chi connectivity index (χ1n) is 7.81.